The average Bonchev–Trinajstić information content (AvgIpc) is 3.74. The van der Waals surface area contributed by atoms with E-state index in [0.29, 0.717) is 0 Å². The van der Waals surface area contributed by atoms with Gasteiger partial charge in [0.15, 0.2) is 0 Å². The van der Waals surface area contributed by atoms with E-state index in [9.17, 15) is 0 Å². The summed E-state index contributed by atoms with van der Waals surface area (Å²) < 4.78 is 2.41. The first-order valence-electron chi connectivity index (χ1n) is 22.7. The van der Waals surface area contributed by atoms with Crippen molar-refractivity contribution in [1.29, 1.82) is 0 Å². The summed E-state index contributed by atoms with van der Waals surface area (Å²) in [7, 11) is 0. The van der Waals surface area contributed by atoms with Crippen LogP contribution in [0.3, 0.4) is 0 Å². The van der Waals surface area contributed by atoms with Gasteiger partial charge in [-0.3, -0.25) is 0 Å². The van der Waals surface area contributed by atoms with Crippen LogP contribution in [-0.4, -0.2) is 4.57 Å². The number of hydrogen-bond acceptors (Lipinski definition) is 1. The number of para-hydroxylation sites is 3. The SMILES string of the molecule is c1ccc(-c2ccc(-c3cccc(N(c4ccc(-c5ccc(-c6ccccc6-n6c7ccccc7c7ccccc76)cc5)cc4)c4ccc(-c5ccc6ccccc6c5)cc4)c3)cc2)cc1. The van der Waals surface area contributed by atoms with Crippen molar-refractivity contribution >= 4 is 49.6 Å². The Morgan fingerprint density at radius 3 is 1.29 bits per heavy atom. The summed E-state index contributed by atoms with van der Waals surface area (Å²) in [6.07, 6.45) is 0. The minimum Gasteiger partial charge on any atom is -0.310 e. The maximum absolute atomic E-state index is 2.41. The fourth-order valence-electron chi connectivity index (χ4n) is 9.67. The smallest absolute Gasteiger partial charge is 0.0541 e. The Bertz CT molecular complexity index is 3610. The number of fused-ring (bicyclic) bond motifs is 4. The van der Waals surface area contributed by atoms with Gasteiger partial charge in [-0.05, 0) is 122 Å². The lowest BCUT2D eigenvalue weighted by molar-refractivity contribution is 1.18. The molecule has 12 aromatic rings. The van der Waals surface area contributed by atoms with Gasteiger partial charge in [-0.1, -0.05) is 206 Å². The van der Waals surface area contributed by atoms with Crippen molar-refractivity contribution in [2.75, 3.05) is 4.90 Å². The van der Waals surface area contributed by atoms with Crippen LogP contribution in [0, 0.1) is 0 Å². The second-order valence-corrected chi connectivity index (χ2v) is 16.9. The number of hydrogen-bond donors (Lipinski definition) is 0. The summed E-state index contributed by atoms with van der Waals surface area (Å²) in [5.41, 5.74) is 18.8. The van der Waals surface area contributed by atoms with Crippen LogP contribution in [0.5, 0.6) is 0 Å². The summed E-state index contributed by atoms with van der Waals surface area (Å²) in [4.78, 5) is 2.37. The van der Waals surface area contributed by atoms with E-state index in [4.69, 9.17) is 0 Å². The molecule has 1 heterocycles. The molecule has 2 heteroatoms. The van der Waals surface area contributed by atoms with Gasteiger partial charge in [0.1, 0.15) is 0 Å². The zero-order chi connectivity index (χ0) is 43.8. The summed E-state index contributed by atoms with van der Waals surface area (Å²) in [5, 5.41) is 5.02. The molecule has 0 spiro atoms. The van der Waals surface area contributed by atoms with E-state index in [2.05, 4.69) is 276 Å². The summed E-state index contributed by atoms with van der Waals surface area (Å²) >= 11 is 0. The number of aromatic nitrogens is 1. The molecule has 11 aromatic carbocycles. The van der Waals surface area contributed by atoms with Gasteiger partial charge in [-0.25, -0.2) is 0 Å². The molecule has 0 unspecified atom stereocenters. The van der Waals surface area contributed by atoms with E-state index in [1.165, 1.54) is 93.9 Å². The topological polar surface area (TPSA) is 8.17 Å². The predicted molar refractivity (Wildman–Crippen MR) is 280 cm³/mol. The highest BCUT2D eigenvalue weighted by Gasteiger charge is 2.17. The standard InChI is InChI=1S/C64H44N2/c1-2-13-45(14-3-1)47-25-27-50(28-26-47)54-17-12-18-58(44-54)65(57-41-37-51(38-42-57)55-34-31-46-15-4-5-16-53(46)43-55)56-39-35-49(36-40-56)48-29-32-52(33-30-48)59-19-6-9-22-62(59)66-63-23-10-7-20-60(63)61-21-8-11-24-64(61)66/h1-44H. The highest BCUT2D eigenvalue weighted by atomic mass is 15.1. The molecule has 310 valence electrons. The minimum atomic E-state index is 1.09. The molecule has 66 heavy (non-hydrogen) atoms. The fourth-order valence-corrected chi connectivity index (χ4v) is 9.67. The molecule has 0 N–H and O–H groups in total. The Labute approximate surface area is 385 Å². The number of benzene rings is 11. The predicted octanol–water partition coefficient (Wildman–Crippen LogP) is 17.7. The van der Waals surface area contributed by atoms with Crippen molar-refractivity contribution in [1.82, 2.24) is 4.57 Å². The normalized spacial score (nSPS) is 11.3. The van der Waals surface area contributed by atoms with E-state index >= 15 is 0 Å². The Morgan fingerprint density at radius 2 is 0.667 bits per heavy atom. The van der Waals surface area contributed by atoms with Gasteiger partial charge in [0, 0.05) is 33.4 Å². The first-order chi connectivity index (χ1) is 32.7. The van der Waals surface area contributed by atoms with Crippen LogP contribution in [0.25, 0.3) is 93.9 Å². The van der Waals surface area contributed by atoms with Gasteiger partial charge in [0.25, 0.3) is 0 Å². The third-order valence-corrected chi connectivity index (χ3v) is 13.0. The average molecular weight is 841 g/mol. The van der Waals surface area contributed by atoms with E-state index in [1.807, 2.05) is 0 Å². The summed E-state index contributed by atoms with van der Waals surface area (Å²) in [5.74, 6) is 0. The van der Waals surface area contributed by atoms with Crippen molar-refractivity contribution in [2.45, 2.75) is 0 Å². The highest BCUT2D eigenvalue weighted by molar-refractivity contribution is 6.09. The van der Waals surface area contributed by atoms with Gasteiger partial charge >= 0.3 is 0 Å². The molecule has 0 atom stereocenters. The monoisotopic (exact) mass is 840 g/mol. The number of rotatable bonds is 9. The second kappa shape index (κ2) is 16.8. The highest BCUT2D eigenvalue weighted by Crippen LogP contribution is 2.40. The van der Waals surface area contributed by atoms with Crippen molar-refractivity contribution in [3.63, 3.8) is 0 Å². The first kappa shape index (κ1) is 38.9. The van der Waals surface area contributed by atoms with Crippen molar-refractivity contribution in [3.8, 4) is 61.3 Å². The zero-order valence-electron chi connectivity index (χ0n) is 36.3. The minimum absolute atomic E-state index is 1.09. The van der Waals surface area contributed by atoms with Gasteiger partial charge in [-0.2, -0.15) is 0 Å². The fraction of sp³-hybridized carbons (Fsp3) is 0. The van der Waals surface area contributed by atoms with E-state index in [0.717, 1.165) is 17.1 Å². The van der Waals surface area contributed by atoms with Crippen molar-refractivity contribution in [2.24, 2.45) is 0 Å². The molecule has 0 saturated heterocycles. The molecular weight excluding hydrogens is 797 g/mol. The molecule has 1 aromatic heterocycles. The number of anilines is 3. The maximum atomic E-state index is 2.41. The molecule has 0 radical (unpaired) electrons. The second-order valence-electron chi connectivity index (χ2n) is 16.9. The third kappa shape index (κ3) is 7.21. The molecule has 0 bridgehead atoms. The summed E-state index contributed by atoms with van der Waals surface area (Å²) in [6, 6.07) is 96.8. The molecule has 0 aliphatic heterocycles. The molecule has 12 rings (SSSR count). The van der Waals surface area contributed by atoms with Crippen LogP contribution in [-0.2, 0) is 0 Å². The lowest BCUT2D eigenvalue weighted by Gasteiger charge is -2.26. The lowest BCUT2D eigenvalue weighted by atomic mass is 9.98. The Balaban J connectivity index is 0.882. The third-order valence-electron chi connectivity index (χ3n) is 13.0. The Morgan fingerprint density at radius 1 is 0.242 bits per heavy atom. The van der Waals surface area contributed by atoms with Gasteiger partial charge in [0.2, 0.25) is 0 Å². The van der Waals surface area contributed by atoms with Crippen LogP contribution in [0.2, 0.25) is 0 Å². The lowest BCUT2D eigenvalue weighted by Crippen LogP contribution is -2.10. The van der Waals surface area contributed by atoms with Crippen LogP contribution in [0.4, 0.5) is 17.1 Å². The molecule has 2 nitrogen and oxygen atoms in total. The van der Waals surface area contributed by atoms with Crippen molar-refractivity contribution in [3.05, 3.63) is 267 Å². The van der Waals surface area contributed by atoms with Crippen LogP contribution in [0.1, 0.15) is 0 Å². The molecule has 0 saturated carbocycles. The Hall–Kier alpha value is -8.72. The first-order valence-corrected chi connectivity index (χ1v) is 22.7. The Kier molecular flexibility index (Phi) is 9.89. The quantitative estimate of drug-likeness (QED) is 0.141. The zero-order valence-corrected chi connectivity index (χ0v) is 36.3. The molecular formula is C64H44N2. The molecule has 0 aliphatic carbocycles. The maximum Gasteiger partial charge on any atom is 0.0541 e. The number of nitrogens with zero attached hydrogens (tertiary/aromatic N) is 2. The van der Waals surface area contributed by atoms with Crippen LogP contribution in [0.15, 0.2) is 267 Å². The van der Waals surface area contributed by atoms with Crippen LogP contribution >= 0.6 is 0 Å². The van der Waals surface area contributed by atoms with E-state index in [1.54, 1.807) is 0 Å². The molecule has 0 aliphatic rings. The van der Waals surface area contributed by atoms with Crippen molar-refractivity contribution < 1.29 is 0 Å². The molecule has 0 amide bonds. The van der Waals surface area contributed by atoms with Gasteiger partial charge < -0.3 is 9.47 Å². The molecule has 0 fully saturated rings. The largest absolute Gasteiger partial charge is 0.310 e. The van der Waals surface area contributed by atoms with Crippen LogP contribution < -0.4 is 4.90 Å². The summed E-state index contributed by atoms with van der Waals surface area (Å²) in [6.45, 7) is 0. The van der Waals surface area contributed by atoms with E-state index < -0.39 is 0 Å². The van der Waals surface area contributed by atoms with Gasteiger partial charge in [0.05, 0.1) is 16.7 Å². The van der Waals surface area contributed by atoms with E-state index in [-0.39, 0.29) is 0 Å². The van der Waals surface area contributed by atoms with Gasteiger partial charge in [-0.15, -0.1) is 0 Å².